The fourth-order valence-corrected chi connectivity index (χ4v) is 2.89. The van der Waals surface area contributed by atoms with Gasteiger partial charge in [0.05, 0.1) is 6.42 Å². The van der Waals surface area contributed by atoms with Gasteiger partial charge in [0, 0.05) is 10.3 Å². The number of aromatic nitrogens is 2. The molecule has 4 rings (SSSR count). The van der Waals surface area contributed by atoms with E-state index in [1.807, 2.05) is 35.7 Å². The van der Waals surface area contributed by atoms with Crippen molar-refractivity contribution >= 4 is 34.2 Å². The minimum absolute atomic E-state index is 0.0574. The number of rotatable bonds is 4. The summed E-state index contributed by atoms with van der Waals surface area (Å²) in [5.41, 5.74) is 0.654. The van der Waals surface area contributed by atoms with Gasteiger partial charge in [-0.05, 0) is 23.6 Å². The summed E-state index contributed by atoms with van der Waals surface area (Å²) in [4.78, 5) is 13.3. The van der Waals surface area contributed by atoms with Gasteiger partial charge in [-0.2, -0.15) is 0 Å². The summed E-state index contributed by atoms with van der Waals surface area (Å²) in [5, 5.41) is 13.1. The van der Waals surface area contributed by atoms with Crippen LogP contribution in [0.25, 0.3) is 11.0 Å². The number of amides is 1. The maximum absolute atomic E-state index is 12.2. The van der Waals surface area contributed by atoms with Gasteiger partial charge >= 0.3 is 6.01 Å². The first-order valence-electron chi connectivity index (χ1n) is 6.92. The van der Waals surface area contributed by atoms with Crippen LogP contribution in [-0.4, -0.2) is 16.1 Å². The van der Waals surface area contributed by atoms with Gasteiger partial charge in [0.15, 0.2) is 5.76 Å². The van der Waals surface area contributed by atoms with Gasteiger partial charge in [0.1, 0.15) is 5.58 Å². The topological polar surface area (TPSA) is 81.2 Å². The Labute approximate surface area is 134 Å². The van der Waals surface area contributed by atoms with E-state index in [1.165, 1.54) is 0 Å². The fraction of sp³-hybridized carbons (Fsp3) is 0.0625. The Morgan fingerprint density at radius 3 is 2.87 bits per heavy atom. The average molecular weight is 325 g/mol. The number of nitrogens with one attached hydrogen (secondary N) is 1. The average Bonchev–Trinajstić information content (AvgIpc) is 3.28. The van der Waals surface area contributed by atoms with E-state index in [-0.39, 0.29) is 11.8 Å². The number of thiophene rings is 1. The van der Waals surface area contributed by atoms with Gasteiger partial charge in [-0.25, -0.2) is 0 Å². The highest BCUT2D eigenvalue weighted by molar-refractivity contribution is 7.09. The van der Waals surface area contributed by atoms with Gasteiger partial charge in [0.25, 0.3) is 5.91 Å². The molecule has 6 nitrogen and oxygen atoms in total. The van der Waals surface area contributed by atoms with E-state index < -0.39 is 5.91 Å². The van der Waals surface area contributed by atoms with Crippen LogP contribution in [-0.2, 0) is 6.42 Å². The molecule has 1 amide bonds. The smallest absolute Gasteiger partial charge is 0.322 e. The minimum Gasteiger partial charge on any atom is -0.451 e. The summed E-state index contributed by atoms with van der Waals surface area (Å²) in [5.74, 6) is 0.226. The molecule has 114 valence electrons. The Morgan fingerprint density at radius 1 is 1.13 bits per heavy atom. The van der Waals surface area contributed by atoms with Crippen LogP contribution < -0.4 is 5.32 Å². The Kier molecular flexibility index (Phi) is 3.39. The van der Waals surface area contributed by atoms with E-state index in [0.717, 1.165) is 10.3 Å². The van der Waals surface area contributed by atoms with Crippen LogP contribution in [0.4, 0.5) is 6.01 Å². The fourth-order valence-electron chi connectivity index (χ4n) is 2.19. The number of carbonyl (C=O) groups excluding carboxylic acids is 1. The van der Waals surface area contributed by atoms with E-state index in [0.29, 0.717) is 17.9 Å². The van der Waals surface area contributed by atoms with E-state index in [2.05, 4.69) is 15.5 Å². The number of anilines is 1. The lowest BCUT2D eigenvalue weighted by molar-refractivity contribution is 0.0995. The van der Waals surface area contributed by atoms with Crippen molar-refractivity contribution in [3.63, 3.8) is 0 Å². The summed E-state index contributed by atoms with van der Waals surface area (Å²) in [6.45, 7) is 0. The van der Waals surface area contributed by atoms with Crippen LogP contribution >= 0.6 is 11.3 Å². The molecule has 0 bridgehead atoms. The molecule has 0 saturated carbocycles. The summed E-state index contributed by atoms with van der Waals surface area (Å²) in [7, 11) is 0. The second-order valence-corrected chi connectivity index (χ2v) is 5.89. The predicted octanol–water partition coefficient (Wildman–Crippen LogP) is 3.72. The third-order valence-corrected chi connectivity index (χ3v) is 4.12. The molecule has 23 heavy (non-hydrogen) atoms. The number of nitrogens with zero attached hydrogens (tertiary/aromatic N) is 2. The van der Waals surface area contributed by atoms with Crippen LogP contribution in [0.15, 0.2) is 56.7 Å². The maximum atomic E-state index is 12.2. The number of furan rings is 1. The van der Waals surface area contributed by atoms with Crippen molar-refractivity contribution < 1.29 is 13.6 Å². The molecule has 0 spiro atoms. The van der Waals surface area contributed by atoms with Crippen molar-refractivity contribution in [2.24, 2.45) is 0 Å². The van der Waals surface area contributed by atoms with Crippen LogP contribution in [0.2, 0.25) is 0 Å². The molecule has 0 radical (unpaired) electrons. The molecule has 0 aliphatic carbocycles. The van der Waals surface area contributed by atoms with Gasteiger partial charge in [-0.15, -0.1) is 16.4 Å². The molecule has 7 heteroatoms. The van der Waals surface area contributed by atoms with Crippen molar-refractivity contribution in [2.75, 3.05) is 5.32 Å². The van der Waals surface area contributed by atoms with Crippen LogP contribution in [0.3, 0.4) is 0 Å². The number of hydrogen-bond donors (Lipinski definition) is 1. The number of carbonyl (C=O) groups is 1. The van der Waals surface area contributed by atoms with Crippen molar-refractivity contribution in [2.45, 2.75) is 6.42 Å². The molecule has 0 fully saturated rings. The quantitative estimate of drug-likeness (QED) is 0.618. The first-order chi connectivity index (χ1) is 11.3. The lowest BCUT2D eigenvalue weighted by atomic mass is 10.2. The van der Waals surface area contributed by atoms with Crippen molar-refractivity contribution in [1.82, 2.24) is 10.2 Å². The first kappa shape index (κ1) is 13.7. The molecule has 1 aromatic carbocycles. The molecule has 0 unspecified atom stereocenters. The Balaban J connectivity index is 1.49. The molecule has 4 aromatic rings. The summed E-state index contributed by atoms with van der Waals surface area (Å²) in [6, 6.07) is 13.1. The highest BCUT2D eigenvalue weighted by atomic mass is 32.1. The molecule has 1 N–H and O–H groups in total. The Morgan fingerprint density at radius 2 is 2.04 bits per heavy atom. The molecular weight excluding hydrogens is 314 g/mol. The maximum Gasteiger partial charge on any atom is 0.322 e. The highest BCUT2D eigenvalue weighted by Crippen LogP contribution is 2.20. The van der Waals surface area contributed by atoms with E-state index >= 15 is 0 Å². The van der Waals surface area contributed by atoms with Gasteiger partial charge in [0.2, 0.25) is 5.89 Å². The largest absolute Gasteiger partial charge is 0.451 e. The lowest BCUT2D eigenvalue weighted by Gasteiger charge is -1.95. The SMILES string of the molecule is O=C(Nc1nnc(Cc2cccs2)o1)c1cc2ccccc2o1. The van der Waals surface area contributed by atoms with Crippen LogP contribution in [0, 0.1) is 0 Å². The summed E-state index contributed by atoms with van der Waals surface area (Å²) >= 11 is 1.61. The van der Waals surface area contributed by atoms with Crippen molar-refractivity contribution in [3.05, 3.63) is 64.4 Å². The molecule has 0 aliphatic heterocycles. The third-order valence-electron chi connectivity index (χ3n) is 3.24. The zero-order valence-corrected chi connectivity index (χ0v) is 12.7. The van der Waals surface area contributed by atoms with Crippen molar-refractivity contribution in [3.8, 4) is 0 Å². The standard InChI is InChI=1S/C16H11N3O3S/c20-15(13-8-10-4-1-2-6-12(10)21-13)17-16-19-18-14(22-16)9-11-5-3-7-23-11/h1-8H,9H2,(H,17,19,20). The lowest BCUT2D eigenvalue weighted by Crippen LogP contribution is -2.10. The Hall–Kier alpha value is -2.93. The number of hydrogen-bond acceptors (Lipinski definition) is 6. The van der Waals surface area contributed by atoms with Crippen molar-refractivity contribution in [1.29, 1.82) is 0 Å². The van der Waals surface area contributed by atoms with Gasteiger partial charge < -0.3 is 8.83 Å². The third kappa shape index (κ3) is 2.86. The van der Waals surface area contributed by atoms with E-state index in [1.54, 1.807) is 23.5 Å². The zero-order chi connectivity index (χ0) is 15.6. The normalized spacial score (nSPS) is 11.0. The predicted molar refractivity (Wildman–Crippen MR) is 85.6 cm³/mol. The second-order valence-electron chi connectivity index (χ2n) is 4.86. The minimum atomic E-state index is -0.424. The van der Waals surface area contributed by atoms with E-state index in [4.69, 9.17) is 8.83 Å². The first-order valence-corrected chi connectivity index (χ1v) is 7.80. The number of fused-ring (bicyclic) bond motifs is 1. The highest BCUT2D eigenvalue weighted by Gasteiger charge is 2.16. The number of para-hydroxylation sites is 1. The van der Waals surface area contributed by atoms with Gasteiger partial charge in [-0.3, -0.25) is 10.1 Å². The van der Waals surface area contributed by atoms with Crippen LogP contribution in [0.1, 0.15) is 21.3 Å². The monoisotopic (exact) mass is 325 g/mol. The molecular formula is C16H11N3O3S. The number of benzene rings is 1. The van der Waals surface area contributed by atoms with Gasteiger partial charge in [-0.1, -0.05) is 29.4 Å². The molecule has 0 atom stereocenters. The van der Waals surface area contributed by atoms with Crippen LogP contribution in [0.5, 0.6) is 0 Å². The zero-order valence-electron chi connectivity index (χ0n) is 11.9. The molecule has 3 heterocycles. The summed E-state index contributed by atoms with van der Waals surface area (Å²) < 4.78 is 10.9. The molecule has 0 saturated heterocycles. The summed E-state index contributed by atoms with van der Waals surface area (Å²) in [6.07, 6.45) is 0.547. The van der Waals surface area contributed by atoms with E-state index in [9.17, 15) is 4.79 Å². The Bertz CT molecular complexity index is 923. The second kappa shape index (κ2) is 5.69. The molecule has 0 aliphatic rings. The molecule has 3 aromatic heterocycles.